The van der Waals surface area contributed by atoms with Gasteiger partial charge in [-0.15, -0.1) is 11.6 Å². The molecule has 0 aromatic carbocycles. The number of hydrazone groups is 1. The summed E-state index contributed by atoms with van der Waals surface area (Å²) in [5, 5.41) is 3.43. The van der Waals surface area contributed by atoms with Crippen molar-refractivity contribution >= 4 is 23.9 Å². The minimum absolute atomic E-state index is 0.270. The zero-order chi connectivity index (χ0) is 7.82. The molecule has 0 rings (SSSR count). The summed E-state index contributed by atoms with van der Waals surface area (Å²) in [7, 11) is 0. The Labute approximate surface area is 64.2 Å². The summed E-state index contributed by atoms with van der Waals surface area (Å²) in [5.41, 5.74) is 2.11. The number of rotatable bonds is 3. The highest BCUT2D eigenvalue weighted by atomic mass is 35.5. The van der Waals surface area contributed by atoms with Crippen LogP contribution in [-0.2, 0) is 4.74 Å². The fraction of sp³-hybridized carbons (Fsp3) is 0.600. The van der Waals surface area contributed by atoms with E-state index in [4.69, 9.17) is 11.6 Å². The largest absolute Gasteiger partial charge is 0.449 e. The first-order valence-electron chi connectivity index (χ1n) is 2.81. The topological polar surface area (TPSA) is 50.7 Å². The summed E-state index contributed by atoms with van der Waals surface area (Å²) >= 11 is 5.22. The molecular formula is C5H9ClN2O2. The maximum Gasteiger partial charge on any atom is 0.427 e. The first-order chi connectivity index (χ1) is 4.81. The Hall–Kier alpha value is -0.770. The number of ether oxygens (including phenoxy) is 1. The lowest BCUT2D eigenvalue weighted by atomic mass is 10.9. The summed E-state index contributed by atoms with van der Waals surface area (Å²) in [4.78, 5) is 10.4. The lowest BCUT2D eigenvalue weighted by molar-refractivity contribution is 0.152. The van der Waals surface area contributed by atoms with Gasteiger partial charge in [0, 0.05) is 6.21 Å². The lowest BCUT2D eigenvalue weighted by Crippen LogP contribution is -2.18. The number of alkyl halides is 1. The van der Waals surface area contributed by atoms with Gasteiger partial charge in [0.25, 0.3) is 0 Å². The van der Waals surface area contributed by atoms with Crippen LogP contribution in [0.1, 0.15) is 6.92 Å². The monoisotopic (exact) mass is 164 g/mol. The molecule has 4 nitrogen and oxygen atoms in total. The Morgan fingerprint density at radius 3 is 3.10 bits per heavy atom. The van der Waals surface area contributed by atoms with Crippen LogP contribution in [0.3, 0.4) is 0 Å². The van der Waals surface area contributed by atoms with Crippen molar-refractivity contribution in [2.45, 2.75) is 6.92 Å². The van der Waals surface area contributed by atoms with Crippen molar-refractivity contribution in [2.24, 2.45) is 5.10 Å². The van der Waals surface area contributed by atoms with Gasteiger partial charge < -0.3 is 4.74 Å². The van der Waals surface area contributed by atoms with Gasteiger partial charge in [0.15, 0.2) is 0 Å². The number of nitrogens with one attached hydrogen (secondary N) is 1. The smallest absolute Gasteiger partial charge is 0.427 e. The molecule has 0 radical (unpaired) electrons. The average molecular weight is 165 g/mol. The third-order valence-electron chi connectivity index (χ3n) is 0.592. The molecule has 0 saturated carbocycles. The molecule has 10 heavy (non-hydrogen) atoms. The molecule has 58 valence electrons. The molecular weight excluding hydrogens is 156 g/mol. The van der Waals surface area contributed by atoms with Gasteiger partial charge in [0.05, 0.1) is 12.5 Å². The minimum Gasteiger partial charge on any atom is -0.449 e. The zero-order valence-electron chi connectivity index (χ0n) is 5.63. The van der Waals surface area contributed by atoms with E-state index < -0.39 is 6.09 Å². The fourth-order valence-corrected chi connectivity index (χ4v) is 0.365. The molecule has 5 heteroatoms. The van der Waals surface area contributed by atoms with Crippen molar-refractivity contribution in [3.63, 3.8) is 0 Å². The summed E-state index contributed by atoms with van der Waals surface area (Å²) in [5.74, 6) is 0.270. The number of halogens is 1. The van der Waals surface area contributed by atoms with Crippen LogP contribution in [0, 0.1) is 0 Å². The Balaban J connectivity index is 3.30. The van der Waals surface area contributed by atoms with Crippen LogP contribution in [0.4, 0.5) is 4.79 Å². The molecule has 0 saturated heterocycles. The Kier molecular flexibility index (Phi) is 5.86. The van der Waals surface area contributed by atoms with Crippen LogP contribution in [0.2, 0.25) is 0 Å². The number of carbonyl (C=O) groups is 1. The number of carbonyl (C=O) groups excluding carboxylic acids is 1. The van der Waals surface area contributed by atoms with E-state index in [1.807, 2.05) is 0 Å². The highest BCUT2D eigenvalue weighted by molar-refractivity contribution is 6.24. The van der Waals surface area contributed by atoms with E-state index in [0.29, 0.717) is 6.61 Å². The van der Waals surface area contributed by atoms with Gasteiger partial charge in [-0.3, -0.25) is 0 Å². The van der Waals surface area contributed by atoms with Crippen molar-refractivity contribution in [2.75, 3.05) is 12.5 Å². The first-order valence-corrected chi connectivity index (χ1v) is 3.35. The molecule has 0 spiro atoms. The summed E-state index contributed by atoms with van der Waals surface area (Å²) < 4.78 is 4.48. The number of nitrogens with zero attached hydrogens (tertiary/aromatic N) is 1. The van der Waals surface area contributed by atoms with E-state index in [1.165, 1.54) is 6.21 Å². The van der Waals surface area contributed by atoms with E-state index in [1.54, 1.807) is 6.92 Å². The van der Waals surface area contributed by atoms with Crippen molar-refractivity contribution < 1.29 is 9.53 Å². The second kappa shape index (κ2) is 6.35. The predicted molar refractivity (Wildman–Crippen MR) is 39.4 cm³/mol. The summed E-state index contributed by atoms with van der Waals surface area (Å²) in [6.07, 6.45) is 0.794. The SMILES string of the molecule is CCOC(=O)N/N=C/CCl. The van der Waals surface area contributed by atoms with Crippen molar-refractivity contribution in [1.82, 2.24) is 5.43 Å². The third kappa shape index (κ3) is 5.37. The molecule has 0 unspecified atom stereocenters. The standard InChI is InChI=1S/C5H9ClN2O2/c1-2-10-5(9)8-7-4-3-6/h4H,2-3H2,1H3,(H,8,9)/b7-4+. The van der Waals surface area contributed by atoms with Gasteiger partial charge in [0.1, 0.15) is 0 Å². The summed E-state index contributed by atoms with van der Waals surface area (Å²) in [6.45, 7) is 2.05. The molecule has 0 fully saturated rings. The van der Waals surface area contributed by atoms with Gasteiger partial charge in [-0.1, -0.05) is 0 Å². The number of amides is 1. The van der Waals surface area contributed by atoms with E-state index in [9.17, 15) is 4.79 Å². The minimum atomic E-state index is -0.566. The Morgan fingerprint density at radius 2 is 2.60 bits per heavy atom. The molecule has 1 N–H and O–H groups in total. The van der Waals surface area contributed by atoms with Crippen LogP contribution >= 0.6 is 11.6 Å². The molecule has 0 aliphatic heterocycles. The molecule has 0 aliphatic carbocycles. The molecule has 0 aliphatic rings. The quantitative estimate of drug-likeness (QED) is 0.384. The van der Waals surface area contributed by atoms with Gasteiger partial charge >= 0.3 is 6.09 Å². The fourth-order valence-electron chi connectivity index (χ4n) is 0.296. The molecule has 0 aromatic rings. The normalized spacial score (nSPS) is 9.80. The molecule has 0 heterocycles. The predicted octanol–water partition coefficient (Wildman–Crippen LogP) is 0.957. The Morgan fingerprint density at radius 1 is 1.90 bits per heavy atom. The third-order valence-corrected chi connectivity index (χ3v) is 0.730. The molecule has 0 atom stereocenters. The van der Waals surface area contributed by atoms with Crippen LogP contribution in [-0.4, -0.2) is 24.8 Å². The average Bonchev–Trinajstić information content (AvgIpc) is 1.89. The van der Waals surface area contributed by atoms with E-state index >= 15 is 0 Å². The van der Waals surface area contributed by atoms with Crippen LogP contribution in [0.15, 0.2) is 5.10 Å². The van der Waals surface area contributed by atoms with Crippen molar-refractivity contribution in [3.8, 4) is 0 Å². The van der Waals surface area contributed by atoms with Gasteiger partial charge in [0.2, 0.25) is 0 Å². The second-order valence-corrected chi connectivity index (χ2v) is 1.61. The molecule has 0 bridgehead atoms. The van der Waals surface area contributed by atoms with E-state index in [-0.39, 0.29) is 5.88 Å². The number of hydrogen-bond donors (Lipinski definition) is 1. The maximum atomic E-state index is 10.4. The number of hydrogen-bond acceptors (Lipinski definition) is 3. The second-order valence-electron chi connectivity index (χ2n) is 1.30. The van der Waals surface area contributed by atoms with Crippen molar-refractivity contribution in [1.29, 1.82) is 0 Å². The van der Waals surface area contributed by atoms with Crippen molar-refractivity contribution in [3.05, 3.63) is 0 Å². The zero-order valence-corrected chi connectivity index (χ0v) is 6.39. The molecule has 0 aromatic heterocycles. The van der Waals surface area contributed by atoms with Crippen LogP contribution in [0.25, 0.3) is 0 Å². The van der Waals surface area contributed by atoms with Crippen LogP contribution < -0.4 is 5.43 Å². The first kappa shape index (κ1) is 9.23. The van der Waals surface area contributed by atoms with Crippen LogP contribution in [0.5, 0.6) is 0 Å². The highest BCUT2D eigenvalue weighted by Crippen LogP contribution is 1.75. The summed E-state index contributed by atoms with van der Waals surface area (Å²) in [6, 6.07) is 0. The molecule has 1 amide bonds. The maximum absolute atomic E-state index is 10.4. The highest BCUT2D eigenvalue weighted by Gasteiger charge is 1.93. The van der Waals surface area contributed by atoms with Gasteiger partial charge in [-0.25, -0.2) is 10.2 Å². The lowest BCUT2D eigenvalue weighted by Gasteiger charge is -1.97. The van der Waals surface area contributed by atoms with E-state index in [0.717, 1.165) is 0 Å². The Bertz CT molecular complexity index is 127. The van der Waals surface area contributed by atoms with E-state index in [2.05, 4.69) is 15.3 Å². The van der Waals surface area contributed by atoms with Gasteiger partial charge in [-0.05, 0) is 6.92 Å². The van der Waals surface area contributed by atoms with Gasteiger partial charge in [-0.2, -0.15) is 5.10 Å².